The van der Waals surface area contributed by atoms with Gasteiger partial charge in [0.05, 0.1) is 17.1 Å². The fraction of sp³-hybridized carbons (Fsp3) is 0.286. The van der Waals surface area contributed by atoms with E-state index in [0.29, 0.717) is 11.6 Å². The predicted molar refractivity (Wildman–Crippen MR) is 69.8 cm³/mol. The lowest BCUT2D eigenvalue weighted by atomic mass is 10.1. The molecule has 2 aromatic rings. The van der Waals surface area contributed by atoms with Crippen LogP contribution in [0, 0.1) is 11.3 Å². The van der Waals surface area contributed by atoms with E-state index < -0.39 is 0 Å². The van der Waals surface area contributed by atoms with Gasteiger partial charge in [0.15, 0.2) is 0 Å². The molecule has 1 N–H and O–H groups in total. The zero-order valence-corrected chi connectivity index (χ0v) is 10.1. The van der Waals surface area contributed by atoms with Gasteiger partial charge in [-0.05, 0) is 25.5 Å². The molecule has 1 aromatic heterocycles. The number of aromatic nitrogens is 1. The summed E-state index contributed by atoms with van der Waals surface area (Å²) < 4.78 is 0. The molecule has 0 spiro atoms. The van der Waals surface area contributed by atoms with Crippen molar-refractivity contribution < 1.29 is 0 Å². The maximum absolute atomic E-state index is 9.15. The van der Waals surface area contributed by atoms with Crippen molar-refractivity contribution in [2.24, 2.45) is 0 Å². The molecule has 0 amide bonds. The second kappa shape index (κ2) is 4.84. The van der Waals surface area contributed by atoms with E-state index in [9.17, 15) is 0 Å². The smallest absolute Gasteiger partial charge is 0.128 e. The van der Waals surface area contributed by atoms with Crippen LogP contribution in [-0.4, -0.2) is 11.0 Å². The van der Waals surface area contributed by atoms with Crippen molar-refractivity contribution in [1.29, 1.82) is 5.26 Å². The Morgan fingerprint density at radius 3 is 2.88 bits per heavy atom. The average molecular weight is 225 g/mol. The van der Waals surface area contributed by atoms with Crippen LogP contribution in [0.1, 0.15) is 25.8 Å². The minimum atomic E-state index is 0.357. The molecule has 86 valence electrons. The molecule has 17 heavy (non-hydrogen) atoms. The van der Waals surface area contributed by atoms with Crippen LogP contribution in [0.2, 0.25) is 0 Å². The molecule has 1 heterocycles. The van der Waals surface area contributed by atoms with E-state index in [4.69, 9.17) is 5.26 Å². The summed E-state index contributed by atoms with van der Waals surface area (Å²) in [5.74, 6) is 0.773. The lowest BCUT2D eigenvalue weighted by Crippen LogP contribution is -2.14. The first-order chi connectivity index (χ1) is 8.24. The third-order valence-electron chi connectivity index (χ3n) is 2.84. The first-order valence-electron chi connectivity index (χ1n) is 5.81. The third-order valence-corrected chi connectivity index (χ3v) is 2.84. The fourth-order valence-electron chi connectivity index (χ4n) is 1.70. The van der Waals surface area contributed by atoms with Crippen LogP contribution in [0.25, 0.3) is 10.9 Å². The zero-order valence-electron chi connectivity index (χ0n) is 10.1. The number of benzene rings is 1. The van der Waals surface area contributed by atoms with Gasteiger partial charge in [0, 0.05) is 11.4 Å². The molecule has 0 radical (unpaired) electrons. The number of hydrogen-bond acceptors (Lipinski definition) is 3. The molecule has 0 saturated carbocycles. The molecule has 0 saturated heterocycles. The summed E-state index contributed by atoms with van der Waals surface area (Å²) in [6, 6.07) is 12.1. The first kappa shape index (κ1) is 11.4. The Labute approximate surface area is 101 Å². The molecule has 1 unspecified atom stereocenters. The molecule has 0 aliphatic carbocycles. The Bertz CT molecular complexity index is 569. The van der Waals surface area contributed by atoms with Gasteiger partial charge in [-0.15, -0.1) is 0 Å². The minimum absolute atomic E-state index is 0.357. The Morgan fingerprint density at radius 2 is 2.18 bits per heavy atom. The van der Waals surface area contributed by atoms with E-state index in [-0.39, 0.29) is 0 Å². The molecule has 3 nitrogen and oxygen atoms in total. The van der Waals surface area contributed by atoms with Crippen LogP contribution in [-0.2, 0) is 0 Å². The highest BCUT2D eigenvalue weighted by molar-refractivity contribution is 5.86. The summed E-state index contributed by atoms with van der Waals surface area (Å²) >= 11 is 0. The summed E-state index contributed by atoms with van der Waals surface area (Å²) in [4.78, 5) is 4.51. The van der Waals surface area contributed by atoms with Crippen LogP contribution in [0.4, 0.5) is 5.82 Å². The monoisotopic (exact) mass is 225 g/mol. The van der Waals surface area contributed by atoms with Gasteiger partial charge in [0.2, 0.25) is 0 Å². The highest BCUT2D eigenvalue weighted by Crippen LogP contribution is 2.20. The van der Waals surface area contributed by atoms with Crippen molar-refractivity contribution in [3.8, 4) is 6.07 Å². The van der Waals surface area contributed by atoms with E-state index in [1.807, 2.05) is 30.3 Å². The summed E-state index contributed by atoms with van der Waals surface area (Å²) in [5, 5.41) is 13.3. The molecule has 1 atom stereocenters. The molecule has 0 bridgehead atoms. The number of para-hydroxylation sites is 1. The third kappa shape index (κ3) is 2.36. The van der Waals surface area contributed by atoms with Crippen LogP contribution >= 0.6 is 0 Å². The van der Waals surface area contributed by atoms with Gasteiger partial charge in [-0.2, -0.15) is 5.26 Å². The standard InChI is InChI=1S/C14H15N3/c1-3-10(2)16-14-8-11(9-15)12-6-4-5-7-13(12)17-14/h4-8,10H,3H2,1-2H3,(H,16,17). The quantitative estimate of drug-likeness (QED) is 0.871. The van der Waals surface area contributed by atoms with E-state index in [0.717, 1.165) is 23.1 Å². The summed E-state index contributed by atoms with van der Waals surface area (Å²) in [6.07, 6.45) is 1.02. The lowest BCUT2D eigenvalue weighted by Gasteiger charge is -2.13. The number of nitrogens with one attached hydrogen (secondary N) is 1. The first-order valence-corrected chi connectivity index (χ1v) is 5.81. The van der Waals surface area contributed by atoms with E-state index in [1.165, 1.54) is 0 Å². The second-order valence-electron chi connectivity index (χ2n) is 4.14. The molecular weight excluding hydrogens is 210 g/mol. The second-order valence-corrected chi connectivity index (χ2v) is 4.14. The average Bonchev–Trinajstić information content (AvgIpc) is 2.37. The highest BCUT2D eigenvalue weighted by atomic mass is 15.0. The lowest BCUT2D eigenvalue weighted by molar-refractivity contribution is 0.760. The summed E-state index contributed by atoms with van der Waals surface area (Å²) in [6.45, 7) is 4.22. The summed E-state index contributed by atoms with van der Waals surface area (Å²) in [5.41, 5.74) is 1.53. The van der Waals surface area contributed by atoms with Gasteiger partial charge in [-0.1, -0.05) is 25.1 Å². The van der Waals surface area contributed by atoms with Gasteiger partial charge in [-0.3, -0.25) is 0 Å². The fourth-order valence-corrected chi connectivity index (χ4v) is 1.70. The van der Waals surface area contributed by atoms with E-state index in [2.05, 4.69) is 30.2 Å². The van der Waals surface area contributed by atoms with E-state index >= 15 is 0 Å². The molecule has 0 aliphatic heterocycles. The predicted octanol–water partition coefficient (Wildman–Crippen LogP) is 3.32. The van der Waals surface area contributed by atoms with Crippen LogP contribution in [0.3, 0.4) is 0 Å². The number of nitrogens with zero attached hydrogens (tertiary/aromatic N) is 2. The Balaban J connectivity index is 2.50. The van der Waals surface area contributed by atoms with Crippen LogP contribution < -0.4 is 5.32 Å². The highest BCUT2D eigenvalue weighted by Gasteiger charge is 2.06. The maximum atomic E-state index is 9.15. The zero-order chi connectivity index (χ0) is 12.3. The molecule has 1 aromatic carbocycles. The van der Waals surface area contributed by atoms with Crippen molar-refractivity contribution >= 4 is 16.7 Å². The van der Waals surface area contributed by atoms with Crippen LogP contribution in [0.15, 0.2) is 30.3 Å². The normalized spacial score (nSPS) is 12.1. The van der Waals surface area contributed by atoms with Gasteiger partial charge < -0.3 is 5.32 Å². The van der Waals surface area contributed by atoms with Crippen molar-refractivity contribution in [2.75, 3.05) is 5.32 Å². The van der Waals surface area contributed by atoms with Crippen molar-refractivity contribution in [3.05, 3.63) is 35.9 Å². The van der Waals surface area contributed by atoms with Crippen molar-refractivity contribution in [3.63, 3.8) is 0 Å². The number of anilines is 1. The summed E-state index contributed by atoms with van der Waals surface area (Å²) in [7, 11) is 0. The maximum Gasteiger partial charge on any atom is 0.128 e. The number of fused-ring (bicyclic) bond motifs is 1. The van der Waals surface area contributed by atoms with Gasteiger partial charge in [-0.25, -0.2) is 4.98 Å². The molecular formula is C14H15N3. The molecule has 0 fully saturated rings. The van der Waals surface area contributed by atoms with Crippen LogP contribution in [0.5, 0.6) is 0 Å². The van der Waals surface area contributed by atoms with Crippen molar-refractivity contribution in [1.82, 2.24) is 4.98 Å². The minimum Gasteiger partial charge on any atom is -0.368 e. The molecule has 2 rings (SSSR count). The Hall–Kier alpha value is -2.08. The number of pyridine rings is 1. The topological polar surface area (TPSA) is 48.7 Å². The Morgan fingerprint density at radius 1 is 1.41 bits per heavy atom. The number of rotatable bonds is 3. The largest absolute Gasteiger partial charge is 0.368 e. The van der Waals surface area contributed by atoms with E-state index in [1.54, 1.807) is 0 Å². The van der Waals surface area contributed by atoms with Gasteiger partial charge in [0.25, 0.3) is 0 Å². The van der Waals surface area contributed by atoms with Crippen molar-refractivity contribution in [2.45, 2.75) is 26.3 Å². The Kier molecular flexibility index (Phi) is 3.24. The SMILES string of the molecule is CCC(C)Nc1cc(C#N)c2ccccc2n1. The number of nitriles is 1. The van der Waals surface area contributed by atoms with Gasteiger partial charge >= 0.3 is 0 Å². The number of hydrogen-bond donors (Lipinski definition) is 1. The van der Waals surface area contributed by atoms with Gasteiger partial charge in [0.1, 0.15) is 5.82 Å². The molecule has 0 aliphatic rings. The molecule has 3 heteroatoms.